The van der Waals surface area contributed by atoms with Gasteiger partial charge in [0.1, 0.15) is 12.6 Å². The SMILES string of the molecule is CCNC(=O)[C@H](Cc1ccccc1)N(Cc1ccccc1Cl)C(=O)CN(c1ccc(C)cc1)S(=O)(=O)c1ccc(Cl)cc1. The van der Waals surface area contributed by atoms with Crippen molar-refractivity contribution in [2.75, 3.05) is 17.4 Å². The zero-order chi connectivity index (χ0) is 31.0. The highest BCUT2D eigenvalue weighted by atomic mass is 35.5. The molecule has 0 spiro atoms. The van der Waals surface area contributed by atoms with Crippen LogP contribution in [0, 0.1) is 6.92 Å². The minimum absolute atomic E-state index is 0.00410. The highest BCUT2D eigenvalue weighted by Crippen LogP contribution is 2.27. The van der Waals surface area contributed by atoms with Gasteiger partial charge in [-0.05, 0) is 67.4 Å². The summed E-state index contributed by atoms with van der Waals surface area (Å²) < 4.78 is 29.1. The number of likely N-dealkylation sites (N-methyl/N-ethyl adjacent to an activating group) is 1. The van der Waals surface area contributed by atoms with Gasteiger partial charge in [0.05, 0.1) is 10.6 Å². The zero-order valence-corrected chi connectivity index (χ0v) is 26.2. The Labute approximate surface area is 263 Å². The van der Waals surface area contributed by atoms with Crippen LogP contribution in [0.5, 0.6) is 0 Å². The van der Waals surface area contributed by atoms with E-state index in [0.29, 0.717) is 27.8 Å². The first-order valence-electron chi connectivity index (χ1n) is 13.8. The Morgan fingerprint density at radius 2 is 1.47 bits per heavy atom. The van der Waals surface area contributed by atoms with Gasteiger partial charge in [-0.1, -0.05) is 89.4 Å². The van der Waals surface area contributed by atoms with E-state index in [-0.39, 0.29) is 23.8 Å². The summed E-state index contributed by atoms with van der Waals surface area (Å²) in [6.07, 6.45) is 0.220. The molecule has 10 heteroatoms. The fraction of sp³-hybridized carbons (Fsp3) is 0.212. The predicted octanol–water partition coefficient (Wildman–Crippen LogP) is 6.27. The van der Waals surface area contributed by atoms with E-state index < -0.39 is 28.5 Å². The molecule has 0 aliphatic carbocycles. The molecule has 4 aromatic rings. The van der Waals surface area contributed by atoms with Gasteiger partial charge in [-0.15, -0.1) is 0 Å². The smallest absolute Gasteiger partial charge is 0.264 e. The van der Waals surface area contributed by atoms with E-state index >= 15 is 0 Å². The van der Waals surface area contributed by atoms with Gasteiger partial charge >= 0.3 is 0 Å². The standard InChI is InChI=1S/C33H33Cl2N3O4S/c1-3-36-33(40)31(21-25-9-5-4-6-10-25)37(22-26-11-7-8-12-30(26)35)32(39)23-38(28-17-13-24(2)14-18-28)43(41,42)29-19-15-27(34)16-20-29/h4-20,31H,3,21-23H2,1-2H3,(H,36,40)/t31-/m0/s1. The van der Waals surface area contributed by atoms with Crippen LogP contribution in [-0.4, -0.2) is 44.3 Å². The first-order chi connectivity index (χ1) is 20.6. The number of carbonyl (C=O) groups is 2. The first-order valence-corrected chi connectivity index (χ1v) is 16.0. The molecule has 0 fully saturated rings. The van der Waals surface area contributed by atoms with Gasteiger partial charge in [0, 0.05) is 29.6 Å². The van der Waals surface area contributed by atoms with E-state index in [1.807, 2.05) is 37.3 Å². The number of hydrogen-bond acceptors (Lipinski definition) is 4. The number of nitrogens with one attached hydrogen (secondary N) is 1. The van der Waals surface area contributed by atoms with Crippen LogP contribution in [0.1, 0.15) is 23.6 Å². The number of hydrogen-bond donors (Lipinski definition) is 1. The number of anilines is 1. The summed E-state index contributed by atoms with van der Waals surface area (Å²) in [4.78, 5) is 29.3. The quantitative estimate of drug-likeness (QED) is 0.198. The minimum atomic E-state index is -4.21. The molecule has 43 heavy (non-hydrogen) atoms. The van der Waals surface area contributed by atoms with Crippen LogP contribution >= 0.6 is 23.2 Å². The van der Waals surface area contributed by atoms with Gasteiger partial charge in [0.25, 0.3) is 10.0 Å². The Balaban J connectivity index is 1.80. The molecule has 1 atom stereocenters. The topological polar surface area (TPSA) is 86.8 Å². The number of nitrogens with zero attached hydrogens (tertiary/aromatic N) is 2. The van der Waals surface area contributed by atoms with Crippen molar-refractivity contribution in [3.05, 3.63) is 130 Å². The highest BCUT2D eigenvalue weighted by Gasteiger charge is 2.34. The summed E-state index contributed by atoms with van der Waals surface area (Å²) in [5, 5.41) is 3.66. The molecular weight excluding hydrogens is 605 g/mol. The Bertz CT molecular complexity index is 1650. The van der Waals surface area contributed by atoms with Crippen LogP contribution in [0.25, 0.3) is 0 Å². The molecule has 0 aliphatic rings. The van der Waals surface area contributed by atoms with Gasteiger partial charge in [0.15, 0.2) is 0 Å². The second-order valence-corrected chi connectivity index (χ2v) is 12.7. The largest absolute Gasteiger partial charge is 0.355 e. The van der Waals surface area contributed by atoms with Gasteiger partial charge in [0.2, 0.25) is 11.8 Å². The average molecular weight is 639 g/mol. The molecule has 0 aliphatic heterocycles. The van der Waals surface area contributed by atoms with Crippen molar-refractivity contribution in [3.8, 4) is 0 Å². The summed E-state index contributed by atoms with van der Waals surface area (Å²) in [6.45, 7) is 3.49. The number of amides is 2. The van der Waals surface area contributed by atoms with E-state index in [0.717, 1.165) is 15.4 Å². The summed E-state index contributed by atoms with van der Waals surface area (Å²) in [5.74, 6) is -0.917. The predicted molar refractivity (Wildman–Crippen MR) is 172 cm³/mol. The molecule has 0 aromatic heterocycles. The van der Waals surface area contributed by atoms with Crippen molar-refractivity contribution < 1.29 is 18.0 Å². The number of halogens is 2. The Kier molecular flexibility index (Phi) is 10.9. The second-order valence-electron chi connectivity index (χ2n) is 10.0. The molecule has 0 unspecified atom stereocenters. The van der Waals surface area contributed by atoms with Gasteiger partial charge in [-0.3, -0.25) is 13.9 Å². The molecule has 4 aromatic carbocycles. The van der Waals surface area contributed by atoms with Crippen LogP contribution in [0.4, 0.5) is 5.69 Å². The number of sulfonamides is 1. The third-order valence-corrected chi connectivity index (χ3v) is 9.33. The monoisotopic (exact) mass is 637 g/mol. The molecule has 2 amide bonds. The maximum atomic E-state index is 14.4. The van der Waals surface area contributed by atoms with Crippen LogP contribution in [0.15, 0.2) is 108 Å². The maximum Gasteiger partial charge on any atom is 0.264 e. The van der Waals surface area contributed by atoms with Crippen molar-refractivity contribution in [3.63, 3.8) is 0 Å². The summed E-state index contributed by atoms with van der Waals surface area (Å²) in [6, 6.07) is 28.1. The van der Waals surface area contributed by atoms with Gasteiger partial charge in [-0.25, -0.2) is 8.42 Å². The Hall–Kier alpha value is -3.85. The molecule has 0 saturated heterocycles. The van der Waals surface area contributed by atoms with Crippen molar-refractivity contribution in [1.29, 1.82) is 0 Å². The van der Waals surface area contributed by atoms with E-state index in [4.69, 9.17) is 23.2 Å². The maximum absolute atomic E-state index is 14.4. The fourth-order valence-corrected chi connectivity index (χ4v) is 6.37. The third-order valence-electron chi connectivity index (χ3n) is 6.92. The summed E-state index contributed by atoms with van der Waals surface area (Å²) in [5.41, 5.74) is 2.71. The van der Waals surface area contributed by atoms with Gasteiger partial charge in [-0.2, -0.15) is 0 Å². The number of benzene rings is 4. The lowest BCUT2D eigenvalue weighted by molar-refractivity contribution is -0.140. The molecule has 0 saturated carbocycles. The lowest BCUT2D eigenvalue weighted by Crippen LogP contribution is -2.53. The third kappa shape index (κ3) is 8.16. The molecular formula is C33H33Cl2N3O4S. The molecule has 0 heterocycles. The molecule has 7 nitrogen and oxygen atoms in total. The summed E-state index contributed by atoms with van der Waals surface area (Å²) in [7, 11) is -4.21. The van der Waals surface area contributed by atoms with Gasteiger partial charge < -0.3 is 10.2 Å². The molecule has 224 valence electrons. The molecule has 0 bridgehead atoms. The highest BCUT2D eigenvalue weighted by molar-refractivity contribution is 7.92. The number of carbonyl (C=O) groups excluding carboxylic acids is 2. The Morgan fingerprint density at radius 3 is 2.09 bits per heavy atom. The lowest BCUT2D eigenvalue weighted by Gasteiger charge is -2.34. The second kappa shape index (κ2) is 14.6. The molecule has 1 N–H and O–H groups in total. The first kappa shape index (κ1) is 32.1. The van der Waals surface area contributed by atoms with Crippen LogP contribution < -0.4 is 9.62 Å². The van der Waals surface area contributed by atoms with Crippen LogP contribution in [-0.2, 0) is 32.6 Å². The van der Waals surface area contributed by atoms with Crippen LogP contribution in [0.2, 0.25) is 10.0 Å². The Morgan fingerprint density at radius 1 is 0.837 bits per heavy atom. The minimum Gasteiger partial charge on any atom is -0.355 e. The van der Waals surface area contributed by atoms with E-state index in [2.05, 4.69) is 5.32 Å². The normalized spacial score (nSPS) is 11.9. The van der Waals surface area contributed by atoms with Crippen molar-refractivity contribution in [2.24, 2.45) is 0 Å². The van der Waals surface area contributed by atoms with E-state index in [9.17, 15) is 18.0 Å². The summed E-state index contributed by atoms with van der Waals surface area (Å²) >= 11 is 12.5. The number of aryl methyl sites for hydroxylation is 1. The molecule has 0 radical (unpaired) electrons. The fourth-order valence-electron chi connectivity index (χ4n) is 4.63. The van der Waals surface area contributed by atoms with Crippen LogP contribution in [0.3, 0.4) is 0 Å². The average Bonchev–Trinajstić information content (AvgIpc) is 3.00. The van der Waals surface area contributed by atoms with E-state index in [1.165, 1.54) is 29.2 Å². The number of rotatable bonds is 12. The van der Waals surface area contributed by atoms with Crippen molar-refractivity contribution in [2.45, 2.75) is 37.8 Å². The van der Waals surface area contributed by atoms with Crippen molar-refractivity contribution >= 4 is 50.7 Å². The van der Waals surface area contributed by atoms with E-state index in [1.54, 1.807) is 55.5 Å². The zero-order valence-electron chi connectivity index (χ0n) is 23.9. The van der Waals surface area contributed by atoms with Crippen molar-refractivity contribution in [1.82, 2.24) is 10.2 Å². The molecule has 4 rings (SSSR count). The lowest BCUT2D eigenvalue weighted by atomic mass is 10.0.